The molecule has 9 aromatic carbocycles. The second-order valence-corrected chi connectivity index (χ2v) is 17.7. The van der Waals surface area contributed by atoms with Gasteiger partial charge in [-0.1, -0.05) is 18.2 Å². The number of rotatable bonds is 3. The standard InChI is InChI=1S/C55H32O2Se/c1-3-15-33(16-4-1)34-27-29-36(30-28-34)40-32-44-52(54-50(40)38-20-8-12-24-46(38)57-54)51-43(55(44)41-21-9-13-25-47(41)58-48-26-14-10-22-42(48)55)31-39(35-17-5-2-6-18-35)49-37-19-7-11-23-45(37)56-53(49)51/h1-32H. The summed E-state index contributed by atoms with van der Waals surface area (Å²) in [5, 5.41) is 4.49. The zero-order chi connectivity index (χ0) is 38.0. The van der Waals surface area contributed by atoms with Crippen molar-refractivity contribution < 1.29 is 8.83 Å². The van der Waals surface area contributed by atoms with E-state index in [0.29, 0.717) is 0 Å². The van der Waals surface area contributed by atoms with Crippen molar-refractivity contribution in [2.75, 3.05) is 0 Å². The topological polar surface area (TPSA) is 26.3 Å². The molecule has 270 valence electrons. The Kier molecular flexibility index (Phi) is 6.69. The molecule has 3 heterocycles. The third kappa shape index (κ3) is 4.27. The molecule has 0 N–H and O–H groups in total. The SMILES string of the molecule is c1ccc(-c2ccc(-c3cc4c(c5oc6ccccc6c35)-c3c(cc(-c5ccccc5)c5c3oc3ccccc35)C43c4ccccc4[Se]c4ccccc43)cc2)cc1. The molecule has 0 saturated carbocycles. The molecule has 0 fully saturated rings. The molecule has 2 nitrogen and oxygen atoms in total. The molecule has 1 aliphatic carbocycles. The Bertz CT molecular complexity index is 3420. The maximum atomic E-state index is 7.22. The van der Waals surface area contributed by atoms with E-state index in [4.69, 9.17) is 8.83 Å². The summed E-state index contributed by atoms with van der Waals surface area (Å²) in [6, 6.07) is 71.0. The van der Waals surface area contributed by atoms with E-state index in [-0.39, 0.29) is 15.0 Å². The van der Waals surface area contributed by atoms with Crippen molar-refractivity contribution in [1.29, 1.82) is 0 Å². The van der Waals surface area contributed by atoms with Crippen molar-refractivity contribution in [2.24, 2.45) is 0 Å². The van der Waals surface area contributed by atoms with Crippen LogP contribution in [0.4, 0.5) is 0 Å². The van der Waals surface area contributed by atoms with Crippen molar-refractivity contribution in [3.8, 4) is 44.5 Å². The first-order valence-electron chi connectivity index (χ1n) is 19.8. The molecule has 0 amide bonds. The minimum Gasteiger partial charge on any atom is -0.0617 e. The van der Waals surface area contributed by atoms with Gasteiger partial charge in [0, 0.05) is 0 Å². The van der Waals surface area contributed by atoms with Gasteiger partial charge < -0.3 is 0 Å². The van der Waals surface area contributed by atoms with Gasteiger partial charge >= 0.3 is 325 Å². The third-order valence-corrected chi connectivity index (χ3v) is 15.0. The predicted octanol–water partition coefficient (Wildman–Crippen LogP) is 12.8. The van der Waals surface area contributed by atoms with Crippen LogP contribution in [-0.4, -0.2) is 15.0 Å². The van der Waals surface area contributed by atoms with Crippen LogP contribution in [0.1, 0.15) is 22.3 Å². The Balaban J connectivity index is 1.25. The molecular weight excluding hydrogens is 772 g/mol. The summed E-state index contributed by atoms with van der Waals surface area (Å²) in [7, 11) is 0. The molecule has 1 spiro atoms. The van der Waals surface area contributed by atoms with E-state index in [9.17, 15) is 0 Å². The second kappa shape index (κ2) is 12.1. The fourth-order valence-corrected chi connectivity index (χ4v) is 12.7. The van der Waals surface area contributed by atoms with E-state index in [1.165, 1.54) is 59.0 Å². The normalized spacial score (nSPS) is 13.6. The predicted molar refractivity (Wildman–Crippen MR) is 240 cm³/mol. The molecule has 58 heavy (non-hydrogen) atoms. The van der Waals surface area contributed by atoms with Crippen LogP contribution in [0.25, 0.3) is 88.4 Å². The van der Waals surface area contributed by atoms with Gasteiger partial charge in [-0.15, -0.1) is 0 Å². The van der Waals surface area contributed by atoms with Gasteiger partial charge in [-0.2, -0.15) is 0 Å². The van der Waals surface area contributed by atoms with Crippen LogP contribution in [0, 0.1) is 0 Å². The molecule has 0 bridgehead atoms. The quantitative estimate of drug-likeness (QED) is 0.166. The molecule has 0 unspecified atom stereocenters. The first-order chi connectivity index (χ1) is 28.8. The van der Waals surface area contributed by atoms with Crippen molar-refractivity contribution in [2.45, 2.75) is 5.41 Å². The van der Waals surface area contributed by atoms with Crippen LogP contribution in [0.15, 0.2) is 203 Å². The molecule has 1 aliphatic heterocycles. The molecule has 0 radical (unpaired) electrons. The van der Waals surface area contributed by atoms with Gasteiger partial charge in [0.05, 0.1) is 0 Å². The van der Waals surface area contributed by atoms with Gasteiger partial charge in [-0.3, -0.25) is 0 Å². The van der Waals surface area contributed by atoms with Crippen molar-refractivity contribution in [1.82, 2.24) is 0 Å². The summed E-state index contributed by atoms with van der Waals surface area (Å²) in [5.41, 5.74) is 17.4. The summed E-state index contributed by atoms with van der Waals surface area (Å²) in [6.45, 7) is 0. The molecule has 13 rings (SSSR count). The molecule has 2 aliphatic rings. The summed E-state index contributed by atoms with van der Waals surface area (Å²) >= 11 is 0.132. The zero-order valence-electron chi connectivity index (χ0n) is 31.2. The minimum absolute atomic E-state index is 0.132. The van der Waals surface area contributed by atoms with E-state index < -0.39 is 5.41 Å². The Hall–Kier alpha value is -6.90. The van der Waals surface area contributed by atoms with Crippen LogP contribution in [0.3, 0.4) is 0 Å². The number of fused-ring (bicyclic) bond motifs is 17. The Morgan fingerprint density at radius 1 is 0.345 bits per heavy atom. The van der Waals surface area contributed by atoms with Gasteiger partial charge in [-0.25, -0.2) is 0 Å². The van der Waals surface area contributed by atoms with E-state index in [0.717, 1.165) is 60.6 Å². The first-order valence-corrected chi connectivity index (χ1v) is 21.5. The molecule has 2 aromatic heterocycles. The summed E-state index contributed by atoms with van der Waals surface area (Å²) in [6.07, 6.45) is 0. The summed E-state index contributed by atoms with van der Waals surface area (Å²) < 4.78 is 17.2. The first kappa shape index (κ1) is 32.2. The van der Waals surface area contributed by atoms with Crippen molar-refractivity contribution >= 4 is 67.8 Å². The summed E-state index contributed by atoms with van der Waals surface area (Å²) in [4.78, 5) is 0. The third-order valence-electron chi connectivity index (χ3n) is 12.5. The Labute approximate surface area is 341 Å². The minimum atomic E-state index is -0.638. The van der Waals surface area contributed by atoms with Gasteiger partial charge in [-0.05, 0) is 0 Å². The van der Waals surface area contributed by atoms with E-state index in [2.05, 4.69) is 194 Å². The van der Waals surface area contributed by atoms with E-state index in [1.807, 2.05) is 0 Å². The fourth-order valence-electron chi connectivity index (χ4n) is 10.2. The summed E-state index contributed by atoms with van der Waals surface area (Å²) in [5.74, 6) is 0. The van der Waals surface area contributed by atoms with Gasteiger partial charge in [0.2, 0.25) is 0 Å². The fraction of sp³-hybridized carbons (Fsp3) is 0.0182. The monoisotopic (exact) mass is 804 g/mol. The zero-order valence-corrected chi connectivity index (χ0v) is 32.9. The van der Waals surface area contributed by atoms with Crippen LogP contribution in [0.2, 0.25) is 0 Å². The van der Waals surface area contributed by atoms with Crippen LogP contribution in [0.5, 0.6) is 0 Å². The Morgan fingerprint density at radius 3 is 1.28 bits per heavy atom. The van der Waals surface area contributed by atoms with Gasteiger partial charge in [0.15, 0.2) is 0 Å². The molecule has 0 saturated heterocycles. The number of hydrogen-bond acceptors (Lipinski definition) is 2. The number of para-hydroxylation sites is 2. The second-order valence-electron chi connectivity index (χ2n) is 15.5. The van der Waals surface area contributed by atoms with E-state index >= 15 is 0 Å². The number of benzene rings is 9. The van der Waals surface area contributed by atoms with Crippen LogP contribution in [-0.2, 0) is 5.41 Å². The molecule has 0 atom stereocenters. The maximum absolute atomic E-state index is 7.22. The van der Waals surface area contributed by atoms with Crippen LogP contribution < -0.4 is 8.92 Å². The molecule has 11 aromatic rings. The molecular formula is C55H32O2Se. The molecule has 3 heteroatoms. The average molecular weight is 804 g/mol. The van der Waals surface area contributed by atoms with E-state index in [1.54, 1.807) is 0 Å². The van der Waals surface area contributed by atoms with Gasteiger partial charge in [0.25, 0.3) is 0 Å². The van der Waals surface area contributed by atoms with Gasteiger partial charge in [0.1, 0.15) is 0 Å². The van der Waals surface area contributed by atoms with Crippen molar-refractivity contribution in [3.05, 3.63) is 216 Å². The van der Waals surface area contributed by atoms with Crippen molar-refractivity contribution in [3.63, 3.8) is 0 Å². The van der Waals surface area contributed by atoms with Crippen LogP contribution >= 0.6 is 0 Å². The average Bonchev–Trinajstić information content (AvgIpc) is 3.96. The number of hydrogen-bond donors (Lipinski definition) is 0. The number of furan rings is 2. The smallest absolute Gasteiger partial charge is 0.0617 e. The Morgan fingerprint density at radius 2 is 0.741 bits per heavy atom.